The Labute approximate surface area is 130 Å². The van der Waals surface area contributed by atoms with Gasteiger partial charge in [-0.2, -0.15) is 0 Å². The summed E-state index contributed by atoms with van der Waals surface area (Å²) in [5.74, 6) is -3.18. The van der Waals surface area contributed by atoms with E-state index in [-0.39, 0.29) is 18.4 Å². The molecule has 1 atom stereocenters. The standard InChI is InChI=1S/C15H25NO6/c1-15(2,3)22-14(21)16-10-6-4-9(5-7-10)11(13(19)20)8-12(17)18/h9-11H,4-8H2,1-3H3,(H,16,21)(H,17,18)(H,19,20). The third-order valence-electron chi connectivity index (χ3n) is 3.77. The zero-order chi connectivity index (χ0) is 16.9. The van der Waals surface area contributed by atoms with E-state index in [1.54, 1.807) is 20.8 Å². The van der Waals surface area contributed by atoms with Gasteiger partial charge in [0.1, 0.15) is 5.60 Å². The van der Waals surface area contributed by atoms with E-state index in [9.17, 15) is 14.4 Å². The molecular weight excluding hydrogens is 290 g/mol. The summed E-state index contributed by atoms with van der Waals surface area (Å²) in [5.41, 5.74) is -0.558. The van der Waals surface area contributed by atoms with E-state index >= 15 is 0 Å². The number of alkyl carbamates (subject to hydrolysis) is 1. The maximum Gasteiger partial charge on any atom is 0.407 e. The minimum Gasteiger partial charge on any atom is -0.481 e. The second-order valence-corrected chi connectivity index (χ2v) is 6.80. The van der Waals surface area contributed by atoms with Crippen molar-refractivity contribution in [1.82, 2.24) is 5.32 Å². The van der Waals surface area contributed by atoms with E-state index in [1.165, 1.54) is 0 Å². The smallest absolute Gasteiger partial charge is 0.407 e. The van der Waals surface area contributed by atoms with Crippen molar-refractivity contribution in [1.29, 1.82) is 0 Å². The van der Waals surface area contributed by atoms with Gasteiger partial charge in [-0.05, 0) is 52.4 Å². The number of ether oxygens (including phenoxy) is 1. The first-order valence-electron chi connectivity index (χ1n) is 7.52. The summed E-state index contributed by atoms with van der Waals surface area (Å²) in [7, 11) is 0. The second-order valence-electron chi connectivity index (χ2n) is 6.80. The van der Waals surface area contributed by atoms with Gasteiger partial charge in [-0.1, -0.05) is 0 Å². The number of hydrogen-bond donors (Lipinski definition) is 3. The van der Waals surface area contributed by atoms with Gasteiger partial charge in [0.25, 0.3) is 0 Å². The van der Waals surface area contributed by atoms with Crippen LogP contribution in [-0.4, -0.2) is 39.9 Å². The number of amides is 1. The number of carbonyl (C=O) groups excluding carboxylic acids is 1. The molecule has 0 bridgehead atoms. The number of nitrogens with one attached hydrogen (secondary N) is 1. The van der Waals surface area contributed by atoms with Gasteiger partial charge in [0, 0.05) is 6.04 Å². The molecular formula is C15H25NO6. The first kappa shape index (κ1) is 18.3. The van der Waals surface area contributed by atoms with Gasteiger partial charge in [0.2, 0.25) is 0 Å². The molecule has 0 spiro atoms. The summed E-state index contributed by atoms with van der Waals surface area (Å²) in [4.78, 5) is 33.7. The van der Waals surface area contributed by atoms with Gasteiger partial charge in [0.15, 0.2) is 0 Å². The van der Waals surface area contributed by atoms with E-state index in [2.05, 4.69) is 5.32 Å². The van der Waals surface area contributed by atoms with E-state index in [0.29, 0.717) is 25.7 Å². The van der Waals surface area contributed by atoms with Gasteiger partial charge in [-0.15, -0.1) is 0 Å². The van der Waals surface area contributed by atoms with Gasteiger partial charge < -0.3 is 20.3 Å². The van der Waals surface area contributed by atoms with Crippen molar-refractivity contribution in [3.8, 4) is 0 Å². The summed E-state index contributed by atoms with van der Waals surface area (Å²) in [6.45, 7) is 5.35. The van der Waals surface area contributed by atoms with Gasteiger partial charge in [0.05, 0.1) is 12.3 Å². The molecule has 3 N–H and O–H groups in total. The van der Waals surface area contributed by atoms with Crippen LogP contribution in [0.5, 0.6) is 0 Å². The maximum atomic E-state index is 11.7. The Morgan fingerprint density at radius 1 is 1.14 bits per heavy atom. The first-order chi connectivity index (χ1) is 10.1. The van der Waals surface area contributed by atoms with Crippen LogP contribution in [0, 0.1) is 11.8 Å². The molecule has 7 nitrogen and oxygen atoms in total. The molecule has 0 radical (unpaired) electrons. The molecule has 1 rings (SSSR count). The van der Waals surface area contributed by atoms with Gasteiger partial charge in [-0.3, -0.25) is 9.59 Å². The van der Waals surface area contributed by atoms with E-state index in [1.807, 2.05) is 0 Å². The second kappa shape index (κ2) is 7.47. The van der Waals surface area contributed by atoms with Crippen LogP contribution in [0.2, 0.25) is 0 Å². The Morgan fingerprint density at radius 2 is 1.68 bits per heavy atom. The van der Waals surface area contributed by atoms with Crippen molar-refractivity contribution in [3.63, 3.8) is 0 Å². The Kier molecular flexibility index (Phi) is 6.20. The van der Waals surface area contributed by atoms with E-state index < -0.39 is 29.6 Å². The molecule has 22 heavy (non-hydrogen) atoms. The molecule has 0 aromatic carbocycles. The van der Waals surface area contributed by atoms with Crippen LogP contribution < -0.4 is 5.32 Å². The lowest BCUT2D eigenvalue weighted by molar-refractivity contribution is -0.150. The van der Waals surface area contributed by atoms with Crippen LogP contribution >= 0.6 is 0 Å². The van der Waals surface area contributed by atoms with E-state index in [0.717, 1.165) is 0 Å². The fraction of sp³-hybridized carbons (Fsp3) is 0.800. The Morgan fingerprint density at radius 3 is 2.09 bits per heavy atom. The van der Waals surface area contributed by atoms with Crippen molar-refractivity contribution in [3.05, 3.63) is 0 Å². The quantitative estimate of drug-likeness (QED) is 0.717. The fourth-order valence-electron chi connectivity index (χ4n) is 2.78. The van der Waals surface area contributed by atoms with Crippen LogP contribution in [0.15, 0.2) is 0 Å². The number of carboxylic acids is 2. The average molecular weight is 315 g/mol. The van der Waals surface area contributed by atoms with Gasteiger partial charge in [-0.25, -0.2) is 4.79 Å². The van der Waals surface area contributed by atoms with Crippen molar-refractivity contribution >= 4 is 18.0 Å². The van der Waals surface area contributed by atoms with Crippen molar-refractivity contribution in [2.45, 2.75) is 64.5 Å². The topological polar surface area (TPSA) is 113 Å². The lowest BCUT2D eigenvalue weighted by Gasteiger charge is -2.32. The predicted octanol–water partition coefficient (Wildman–Crippen LogP) is 2.25. The number of carboxylic acid groups (broad SMARTS) is 2. The van der Waals surface area contributed by atoms with Crippen molar-refractivity contribution in [2.24, 2.45) is 11.8 Å². The fourth-order valence-corrected chi connectivity index (χ4v) is 2.78. The molecule has 0 aliphatic heterocycles. The Balaban J connectivity index is 2.46. The average Bonchev–Trinajstić information content (AvgIpc) is 2.34. The molecule has 0 heterocycles. The van der Waals surface area contributed by atoms with E-state index in [4.69, 9.17) is 14.9 Å². The SMILES string of the molecule is CC(C)(C)OC(=O)NC1CCC(C(CC(=O)O)C(=O)O)CC1. The maximum absolute atomic E-state index is 11.7. The van der Waals surface area contributed by atoms with Crippen molar-refractivity contribution < 1.29 is 29.3 Å². The molecule has 1 aliphatic carbocycles. The molecule has 1 unspecified atom stereocenters. The summed E-state index contributed by atoms with van der Waals surface area (Å²) in [6, 6.07) is -0.0506. The number of carbonyl (C=O) groups is 3. The molecule has 0 aromatic rings. The van der Waals surface area contributed by atoms with Crippen LogP contribution in [0.3, 0.4) is 0 Å². The molecule has 1 saturated carbocycles. The highest BCUT2D eigenvalue weighted by molar-refractivity contribution is 5.78. The Hall–Kier alpha value is -1.79. The Bertz CT molecular complexity index is 420. The van der Waals surface area contributed by atoms with Gasteiger partial charge >= 0.3 is 18.0 Å². The molecule has 126 valence electrons. The first-order valence-corrected chi connectivity index (χ1v) is 7.52. The minimum absolute atomic E-state index is 0.0506. The summed E-state index contributed by atoms with van der Waals surface area (Å²) < 4.78 is 5.18. The zero-order valence-electron chi connectivity index (χ0n) is 13.3. The lowest BCUT2D eigenvalue weighted by Crippen LogP contribution is -2.42. The molecule has 1 aliphatic rings. The van der Waals surface area contributed by atoms with Crippen LogP contribution in [0.4, 0.5) is 4.79 Å². The highest BCUT2D eigenvalue weighted by Gasteiger charge is 2.34. The normalized spacial score (nSPS) is 23.4. The molecule has 1 amide bonds. The number of rotatable bonds is 5. The van der Waals surface area contributed by atoms with Crippen LogP contribution in [-0.2, 0) is 14.3 Å². The number of hydrogen-bond acceptors (Lipinski definition) is 4. The summed E-state index contributed by atoms with van der Waals surface area (Å²) in [5, 5.41) is 20.7. The van der Waals surface area contributed by atoms with Crippen LogP contribution in [0.1, 0.15) is 52.9 Å². The molecule has 0 aromatic heterocycles. The third kappa shape index (κ3) is 6.32. The van der Waals surface area contributed by atoms with Crippen molar-refractivity contribution in [2.75, 3.05) is 0 Å². The van der Waals surface area contributed by atoms with Crippen LogP contribution in [0.25, 0.3) is 0 Å². The highest BCUT2D eigenvalue weighted by atomic mass is 16.6. The summed E-state index contributed by atoms with van der Waals surface area (Å²) in [6.07, 6.45) is 1.61. The number of aliphatic carboxylic acids is 2. The predicted molar refractivity (Wildman–Crippen MR) is 78.5 cm³/mol. The third-order valence-corrected chi connectivity index (χ3v) is 3.77. The monoisotopic (exact) mass is 315 g/mol. The molecule has 0 saturated heterocycles. The highest BCUT2D eigenvalue weighted by Crippen LogP contribution is 2.32. The lowest BCUT2D eigenvalue weighted by atomic mass is 9.77. The zero-order valence-corrected chi connectivity index (χ0v) is 13.3. The minimum atomic E-state index is -1.10. The largest absolute Gasteiger partial charge is 0.481 e. The molecule has 7 heteroatoms. The molecule has 1 fully saturated rings. The summed E-state index contributed by atoms with van der Waals surface area (Å²) >= 11 is 0.